The van der Waals surface area contributed by atoms with Crippen LogP contribution in [0.4, 0.5) is 14.7 Å². The fourth-order valence-electron chi connectivity index (χ4n) is 3.41. The van der Waals surface area contributed by atoms with Gasteiger partial charge in [0.15, 0.2) is 5.75 Å². The van der Waals surface area contributed by atoms with Crippen molar-refractivity contribution >= 4 is 17.6 Å². The predicted octanol–water partition coefficient (Wildman–Crippen LogP) is 3.28. The molecule has 0 spiro atoms. The van der Waals surface area contributed by atoms with Crippen LogP contribution in [0.2, 0.25) is 0 Å². The van der Waals surface area contributed by atoms with E-state index in [1.807, 2.05) is 29.2 Å². The SMILES string of the molecule is C=C(NC(C)=O)c1ccc(O[C@@H]2CCN(c3ncc(OCC4CC4(F)F)cn3)C2)cc1. The first kappa shape index (κ1) is 21.0. The number of carbonyl (C=O) groups is 1. The Hall–Kier alpha value is -3.23. The summed E-state index contributed by atoms with van der Waals surface area (Å²) >= 11 is 0. The van der Waals surface area contributed by atoms with Crippen LogP contribution in [-0.2, 0) is 4.79 Å². The van der Waals surface area contributed by atoms with Crippen molar-refractivity contribution in [3.63, 3.8) is 0 Å². The molecule has 1 saturated carbocycles. The van der Waals surface area contributed by atoms with Crippen LogP contribution in [0.25, 0.3) is 5.70 Å². The van der Waals surface area contributed by atoms with Gasteiger partial charge in [-0.15, -0.1) is 0 Å². The van der Waals surface area contributed by atoms with Gasteiger partial charge in [0.05, 0.1) is 31.5 Å². The van der Waals surface area contributed by atoms with Crippen LogP contribution in [0.15, 0.2) is 43.2 Å². The lowest BCUT2D eigenvalue weighted by Crippen LogP contribution is -2.26. The van der Waals surface area contributed by atoms with Gasteiger partial charge in [0.2, 0.25) is 11.9 Å². The fourth-order valence-corrected chi connectivity index (χ4v) is 3.41. The fraction of sp³-hybridized carbons (Fsp3) is 0.409. The molecule has 1 aromatic heterocycles. The number of alkyl halides is 2. The lowest BCUT2D eigenvalue weighted by atomic mass is 10.1. The van der Waals surface area contributed by atoms with Crippen molar-refractivity contribution in [1.82, 2.24) is 15.3 Å². The summed E-state index contributed by atoms with van der Waals surface area (Å²) in [7, 11) is 0. The van der Waals surface area contributed by atoms with Gasteiger partial charge in [0, 0.05) is 32.0 Å². The highest BCUT2D eigenvalue weighted by Crippen LogP contribution is 2.48. The van der Waals surface area contributed by atoms with Crippen LogP contribution in [0.1, 0.15) is 25.3 Å². The van der Waals surface area contributed by atoms with E-state index in [0.29, 0.717) is 23.9 Å². The first-order valence-corrected chi connectivity index (χ1v) is 10.1. The van der Waals surface area contributed by atoms with Crippen molar-refractivity contribution in [2.75, 3.05) is 24.6 Å². The van der Waals surface area contributed by atoms with Crippen LogP contribution in [-0.4, -0.2) is 47.6 Å². The maximum Gasteiger partial charge on any atom is 0.255 e. The smallest absolute Gasteiger partial charge is 0.255 e. The third-order valence-corrected chi connectivity index (χ3v) is 5.28. The number of aromatic nitrogens is 2. The van der Waals surface area contributed by atoms with Crippen molar-refractivity contribution < 1.29 is 23.0 Å². The number of nitrogens with one attached hydrogen (secondary N) is 1. The monoisotopic (exact) mass is 430 g/mol. The minimum Gasteiger partial charge on any atom is -0.490 e. The molecule has 1 aliphatic carbocycles. The molecule has 4 rings (SSSR count). The number of ether oxygens (including phenoxy) is 2. The maximum atomic E-state index is 12.9. The van der Waals surface area contributed by atoms with E-state index in [0.717, 1.165) is 24.3 Å². The lowest BCUT2D eigenvalue weighted by Gasteiger charge is -2.17. The van der Waals surface area contributed by atoms with Crippen molar-refractivity contribution in [2.45, 2.75) is 31.8 Å². The Bertz CT molecular complexity index is 950. The quantitative estimate of drug-likeness (QED) is 0.693. The molecule has 1 saturated heterocycles. The maximum absolute atomic E-state index is 12.9. The van der Waals surface area contributed by atoms with Gasteiger partial charge in [-0.3, -0.25) is 4.79 Å². The van der Waals surface area contributed by atoms with Crippen LogP contribution in [0.5, 0.6) is 11.5 Å². The van der Waals surface area contributed by atoms with E-state index in [1.165, 1.54) is 19.3 Å². The van der Waals surface area contributed by atoms with E-state index < -0.39 is 11.8 Å². The predicted molar refractivity (Wildman–Crippen MR) is 111 cm³/mol. The van der Waals surface area contributed by atoms with Gasteiger partial charge in [0.25, 0.3) is 5.92 Å². The third-order valence-electron chi connectivity index (χ3n) is 5.28. The Balaban J connectivity index is 1.26. The third kappa shape index (κ3) is 5.28. The molecule has 1 amide bonds. The van der Waals surface area contributed by atoms with E-state index in [-0.39, 0.29) is 25.0 Å². The van der Waals surface area contributed by atoms with Gasteiger partial charge in [-0.25, -0.2) is 18.7 Å². The van der Waals surface area contributed by atoms with Crippen molar-refractivity contribution in [3.8, 4) is 11.5 Å². The van der Waals surface area contributed by atoms with Crippen LogP contribution >= 0.6 is 0 Å². The topological polar surface area (TPSA) is 76.6 Å². The Morgan fingerprint density at radius 2 is 1.94 bits per heavy atom. The molecule has 2 atom stereocenters. The van der Waals surface area contributed by atoms with Gasteiger partial charge in [-0.1, -0.05) is 6.58 Å². The number of nitrogens with zero attached hydrogens (tertiary/aromatic N) is 3. The Labute approximate surface area is 179 Å². The van der Waals surface area contributed by atoms with E-state index in [1.54, 1.807) is 0 Å². The first-order valence-electron chi connectivity index (χ1n) is 10.1. The molecule has 2 heterocycles. The number of hydrogen-bond donors (Lipinski definition) is 1. The summed E-state index contributed by atoms with van der Waals surface area (Å²) in [5.74, 6) is -1.79. The molecule has 2 fully saturated rings. The zero-order valence-corrected chi connectivity index (χ0v) is 17.2. The minimum absolute atomic E-state index is 0.0129. The summed E-state index contributed by atoms with van der Waals surface area (Å²) in [5, 5.41) is 2.66. The number of benzene rings is 1. The molecule has 1 N–H and O–H groups in total. The van der Waals surface area contributed by atoms with Gasteiger partial charge in [0.1, 0.15) is 11.9 Å². The molecule has 1 aromatic carbocycles. The molecule has 1 unspecified atom stereocenters. The molecule has 0 radical (unpaired) electrons. The Morgan fingerprint density at radius 3 is 2.55 bits per heavy atom. The summed E-state index contributed by atoms with van der Waals surface area (Å²) in [6, 6.07) is 7.38. The average molecular weight is 430 g/mol. The molecular formula is C22H24F2N4O3. The minimum atomic E-state index is -2.59. The second kappa shape index (κ2) is 8.49. The molecule has 9 heteroatoms. The van der Waals surface area contributed by atoms with Crippen LogP contribution in [0.3, 0.4) is 0 Å². The summed E-state index contributed by atoms with van der Waals surface area (Å²) in [6.07, 6.45) is 3.71. The molecule has 164 valence electrons. The molecular weight excluding hydrogens is 406 g/mol. The van der Waals surface area contributed by atoms with Crippen LogP contribution < -0.4 is 19.7 Å². The average Bonchev–Trinajstić information content (AvgIpc) is 3.11. The van der Waals surface area contributed by atoms with Crippen molar-refractivity contribution in [3.05, 3.63) is 48.8 Å². The zero-order chi connectivity index (χ0) is 22.0. The van der Waals surface area contributed by atoms with E-state index >= 15 is 0 Å². The van der Waals surface area contributed by atoms with E-state index in [9.17, 15) is 13.6 Å². The lowest BCUT2D eigenvalue weighted by molar-refractivity contribution is -0.117. The first-order chi connectivity index (χ1) is 14.8. The summed E-state index contributed by atoms with van der Waals surface area (Å²) in [5.41, 5.74) is 1.36. The molecule has 31 heavy (non-hydrogen) atoms. The number of amides is 1. The Morgan fingerprint density at radius 1 is 1.26 bits per heavy atom. The summed E-state index contributed by atoms with van der Waals surface area (Å²) in [4.78, 5) is 21.7. The number of anilines is 1. The molecule has 2 aromatic rings. The number of hydrogen-bond acceptors (Lipinski definition) is 6. The molecule has 2 aliphatic rings. The second-order valence-electron chi connectivity index (χ2n) is 7.85. The van der Waals surface area contributed by atoms with Gasteiger partial charge in [-0.2, -0.15) is 0 Å². The highest BCUT2D eigenvalue weighted by atomic mass is 19.3. The number of halogens is 2. The van der Waals surface area contributed by atoms with Crippen molar-refractivity contribution in [1.29, 1.82) is 0 Å². The molecule has 0 bridgehead atoms. The van der Waals surface area contributed by atoms with Gasteiger partial charge in [-0.05, 0) is 29.8 Å². The van der Waals surface area contributed by atoms with Crippen molar-refractivity contribution in [2.24, 2.45) is 5.92 Å². The molecule has 1 aliphatic heterocycles. The summed E-state index contributed by atoms with van der Waals surface area (Å²) in [6.45, 7) is 6.64. The standard InChI is InChI=1S/C22H24F2N4O3/c1-14(27-15(2)29)16-3-5-18(6-4-16)31-19-7-8-28(12-19)21-25-10-20(11-26-21)30-13-17-9-22(17,23)24/h3-6,10-11,17,19H,1,7-9,12-13H2,2H3,(H,27,29)/t17?,19-/m1/s1. The Kier molecular flexibility index (Phi) is 5.75. The zero-order valence-electron chi connectivity index (χ0n) is 17.2. The number of rotatable bonds is 8. The normalized spacial score (nSPS) is 21.5. The number of carbonyl (C=O) groups excluding carboxylic acids is 1. The van der Waals surface area contributed by atoms with E-state index in [4.69, 9.17) is 9.47 Å². The largest absolute Gasteiger partial charge is 0.490 e. The molecule has 7 nitrogen and oxygen atoms in total. The van der Waals surface area contributed by atoms with E-state index in [2.05, 4.69) is 21.9 Å². The van der Waals surface area contributed by atoms with Gasteiger partial charge >= 0.3 is 0 Å². The second-order valence-corrected chi connectivity index (χ2v) is 7.85. The highest BCUT2D eigenvalue weighted by Gasteiger charge is 2.57. The highest BCUT2D eigenvalue weighted by molar-refractivity contribution is 5.84. The summed E-state index contributed by atoms with van der Waals surface area (Å²) < 4.78 is 37.2. The van der Waals surface area contributed by atoms with Crippen LogP contribution in [0, 0.1) is 5.92 Å². The van der Waals surface area contributed by atoms with Gasteiger partial charge < -0.3 is 19.7 Å².